The minimum atomic E-state index is -2.75. The van der Waals surface area contributed by atoms with Gasteiger partial charge in [-0.25, -0.2) is 4.21 Å². The summed E-state index contributed by atoms with van der Waals surface area (Å²) in [5, 5.41) is 0.445. The van der Waals surface area contributed by atoms with Gasteiger partial charge in [0.05, 0.1) is 21.6 Å². The third-order valence-electron chi connectivity index (χ3n) is 5.06. The number of piperidine rings is 1. The molecule has 2 amide bonds. The molecule has 1 aliphatic rings. The molecule has 2 aromatic heterocycles. The van der Waals surface area contributed by atoms with Crippen LogP contribution in [-0.4, -0.2) is 51.8 Å². The highest BCUT2D eigenvalue weighted by atomic mass is 32.2. The normalized spacial score (nSPS) is 17.3. The van der Waals surface area contributed by atoms with Crippen molar-refractivity contribution in [1.29, 1.82) is 0 Å². The average Bonchev–Trinajstić information content (AvgIpc) is 3.36. The molecule has 1 fully saturated rings. The molecule has 1 atom stereocenters. The van der Waals surface area contributed by atoms with Gasteiger partial charge in [-0.05, 0) is 37.3 Å². The summed E-state index contributed by atoms with van der Waals surface area (Å²) in [6, 6.07) is 5.02. The number of furan rings is 2. The van der Waals surface area contributed by atoms with Gasteiger partial charge in [0.15, 0.2) is 10.9 Å². The molecule has 7 nitrogen and oxygen atoms in total. The van der Waals surface area contributed by atoms with Gasteiger partial charge in [-0.15, -0.1) is 0 Å². The second-order valence-corrected chi connectivity index (χ2v) is 10.8. The van der Waals surface area contributed by atoms with Crippen LogP contribution in [0.5, 0.6) is 0 Å². The van der Waals surface area contributed by atoms with Crippen LogP contribution in [0.4, 0.5) is 0 Å². The Balaban J connectivity index is 1.68. The lowest BCUT2D eigenvalue weighted by molar-refractivity contribution is 0.0688. The van der Waals surface area contributed by atoms with E-state index in [2.05, 4.69) is 4.36 Å². The molecular formula is C20H26N2O5S2. The molecule has 1 saturated heterocycles. The van der Waals surface area contributed by atoms with Crippen molar-refractivity contribution in [2.24, 2.45) is 4.36 Å². The van der Waals surface area contributed by atoms with Gasteiger partial charge in [0.25, 0.3) is 11.8 Å². The number of amides is 2. The lowest BCUT2D eigenvalue weighted by Gasteiger charge is -2.31. The minimum Gasteiger partial charge on any atom is -0.468 e. The van der Waals surface area contributed by atoms with Gasteiger partial charge in [0, 0.05) is 30.5 Å². The van der Waals surface area contributed by atoms with Crippen molar-refractivity contribution in [3.63, 3.8) is 0 Å². The van der Waals surface area contributed by atoms with E-state index in [0.717, 1.165) is 0 Å². The van der Waals surface area contributed by atoms with Crippen molar-refractivity contribution in [1.82, 2.24) is 4.90 Å². The predicted octanol–water partition coefficient (Wildman–Crippen LogP) is 4.26. The van der Waals surface area contributed by atoms with E-state index in [1.807, 2.05) is 20.1 Å². The summed E-state index contributed by atoms with van der Waals surface area (Å²) in [7, 11) is -2.75. The molecule has 1 unspecified atom stereocenters. The van der Waals surface area contributed by atoms with Gasteiger partial charge in [-0.2, -0.15) is 4.36 Å². The van der Waals surface area contributed by atoms with Crippen molar-refractivity contribution < 1.29 is 22.6 Å². The first kappa shape index (κ1) is 21.7. The Bertz CT molecular complexity index is 1010. The molecule has 3 rings (SSSR count). The molecule has 0 bridgehead atoms. The molecule has 0 N–H and O–H groups in total. The Morgan fingerprint density at radius 1 is 1.24 bits per heavy atom. The van der Waals surface area contributed by atoms with Crippen LogP contribution in [0.25, 0.3) is 0 Å². The van der Waals surface area contributed by atoms with E-state index in [0.29, 0.717) is 48.1 Å². The molecule has 0 spiro atoms. The molecular weight excluding hydrogens is 412 g/mol. The second kappa shape index (κ2) is 8.79. The molecule has 0 radical (unpaired) electrons. The lowest BCUT2D eigenvalue weighted by Crippen LogP contribution is -2.42. The van der Waals surface area contributed by atoms with Gasteiger partial charge in [0.2, 0.25) is 0 Å². The van der Waals surface area contributed by atoms with Gasteiger partial charge in [-0.1, -0.05) is 25.6 Å². The highest BCUT2D eigenvalue weighted by Crippen LogP contribution is 2.25. The maximum Gasteiger partial charge on any atom is 0.289 e. The van der Waals surface area contributed by atoms with E-state index in [4.69, 9.17) is 8.83 Å². The van der Waals surface area contributed by atoms with Gasteiger partial charge in [-0.3, -0.25) is 9.59 Å². The van der Waals surface area contributed by atoms with Crippen molar-refractivity contribution in [3.8, 4) is 0 Å². The zero-order chi connectivity index (χ0) is 21.2. The monoisotopic (exact) mass is 438 g/mol. The number of carbonyl (C=O) groups is 2. The van der Waals surface area contributed by atoms with Crippen LogP contribution in [-0.2, 0) is 9.73 Å². The summed E-state index contributed by atoms with van der Waals surface area (Å²) in [6.45, 7) is 4.76. The Labute approximate surface area is 175 Å². The molecule has 158 valence electrons. The Hall–Kier alpha value is -2.00. The third kappa shape index (κ3) is 4.78. The van der Waals surface area contributed by atoms with Crippen LogP contribution < -0.4 is 0 Å². The first-order valence-corrected chi connectivity index (χ1v) is 12.7. The number of rotatable bonds is 5. The van der Waals surface area contributed by atoms with E-state index in [1.54, 1.807) is 23.1 Å². The van der Waals surface area contributed by atoms with Crippen molar-refractivity contribution in [2.45, 2.75) is 42.9 Å². The van der Waals surface area contributed by atoms with Crippen LogP contribution in [0.15, 0.2) is 42.8 Å². The summed E-state index contributed by atoms with van der Waals surface area (Å²) < 4.78 is 28.1. The van der Waals surface area contributed by atoms with Crippen molar-refractivity contribution in [2.75, 3.05) is 25.6 Å². The van der Waals surface area contributed by atoms with Crippen LogP contribution in [0.1, 0.15) is 59.3 Å². The summed E-state index contributed by atoms with van der Waals surface area (Å²) in [5.41, 5.74) is 0.365. The highest BCUT2D eigenvalue weighted by Gasteiger charge is 2.30. The number of hydrogen-bond donors (Lipinski definition) is 0. The molecule has 3 heterocycles. The molecule has 1 aliphatic heterocycles. The molecule has 2 aromatic rings. The fraction of sp³-hybridized carbons (Fsp3) is 0.500. The summed E-state index contributed by atoms with van der Waals surface area (Å²) in [5.74, 6) is 0.228. The summed E-state index contributed by atoms with van der Waals surface area (Å²) in [4.78, 5) is 26.9. The fourth-order valence-electron chi connectivity index (χ4n) is 3.43. The van der Waals surface area contributed by atoms with Crippen LogP contribution in [0, 0.1) is 0 Å². The molecule has 0 aromatic carbocycles. The standard InChI is InChI=1S/C20H26N2O5S2/c1-13(2)18-15(9-12-26-18)19(23)21-29(4,25)14-7-10-22(11-8-14)20(24)16-5-6-17(27-16)28-3/h5-6,9,12-14H,7-8,10-11H2,1-4H3. The predicted molar refractivity (Wildman–Crippen MR) is 113 cm³/mol. The minimum absolute atomic E-state index is 0.0366. The maximum atomic E-state index is 13.2. The number of thioether (sulfide) groups is 1. The third-order valence-corrected chi connectivity index (χ3v) is 7.91. The lowest BCUT2D eigenvalue weighted by atomic mass is 10.1. The maximum absolute atomic E-state index is 13.2. The van der Waals surface area contributed by atoms with E-state index in [1.165, 1.54) is 24.3 Å². The highest BCUT2D eigenvalue weighted by molar-refractivity contribution is 7.98. The van der Waals surface area contributed by atoms with E-state index in [-0.39, 0.29) is 17.1 Å². The zero-order valence-electron chi connectivity index (χ0n) is 17.0. The second-order valence-electron chi connectivity index (χ2n) is 7.43. The molecule has 0 aliphatic carbocycles. The smallest absolute Gasteiger partial charge is 0.289 e. The SMILES string of the molecule is CSc1ccc(C(=O)N2CCC(S(C)(=O)=NC(=O)c3ccoc3C(C)C)CC2)o1. The zero-order valence-corrected chi connectivity index (χ0v) is 18.7. The van der Waals surface area contributed by atoms with Crippen molar-refractivity contribution >= 4 is 33.3 Å². The van der Waals surface area contributed by atoms with Crippen LogP contribution in [0.2, 0.25) is 0 Å². The van der Waals surface area contributed by atoms with Gasteiger partial charge < -0.3 is 13.7 Å². The van der Waals surface area contributed by atoms with Gasteiger partial charge >= 0.3 is 0 Å². The summed E-state index contributed by atoms with van der Waals surface area (Å²) >= 11 is 1.44. The number of nitrogens with zero attached hydrogens (tertiary/aromatic N) is 2. The Kier molecular flexibility index (Phi) is 6.58. The largest absolute Gasteiger partial charge is 0.468 e. The Morgan fingerprint density at radius 3 is 2.52 bits per heavy atom. The van der Waals surface area contributed by atoms with E-state index >= 15 is 0 Å². The van der Waals surface area contributed by atoms with E-state index < -0.39 is 15.6 Å². The number of carbonyl (C=O) groups excluding carboxylic acids is 2. The van der Waals surface area contributed by atoms with Crippen LogP contribution in [0.3, 0.4) is 0 Å². The number of hydrogen-bond acceptors (Lipinski definition) is 6. The van der Waals surface area contributed by atoms with E-state index in [9.17, 15) is 13.8 Å². The Morgan fingerprint density at radius 2 is 1.93 bits per heavy atom. The van der Waals surface area contributed by atoms with Crippen LogP contribution >= 0.6 is 11.8 Å². The quantitative estimate of drug-likeness (QED) is 0.648. The number of likely N-dealkylation sites (tertiary alicyclic amines) is 1. The molecule has 29 heavy (non-hydrogen) atoms. The fourth-order valence-corrected chi connectivity index (χ4v) is 5.47. The first-order chi connectivity index (χ1) is 13.7. The van der Waals surface area contributed by atoms with Crippen molar-refractivity contribution in [3.05, 3.63) is 41.5 Å². The first-order valence-electron chi connectivity index (χ1n) is 9.48. The molecule has 9 heteroatoms. The molecule has 0 saturated carbocycles. The van der Waals surface area contributed by atoms with Gasteiger partial charge in [0.1, 0.15) is 5.76 Å². The summed E-state index contributed by atoms with van der Waals surface area (Å²) in [6.07, 6.45) is 5.91. The average molecular weight is 439 g/mol. The topological polar surface area (TPSA) is 93.1 Å².